The van der Waals surface area contributed by atoms with Crippen LogP contribution in [0.3, 0.4) is 0 Å². The standard InChI is InChI=1S/C14H12BrClFN/c1-8-4-9(6-11(16)5-8)14(18)12-7-10(15)2-3-13(12)17/h2-7,14H,18H2,1H3. The summed E-state index contributed by atoms with van der Waals surface area (Å²) in [5, 5.41) is 0.607. The van der Waals surface area contributed by atoms with Gasteiger partial charge in [-0.25, -0.2) is 4.39 Å². The van der Waals surface area contributed by atoms with E-state index in [1.807, 2.05) is 19.1 Å². The molecule has 1 nitrogen and oxygen atoms in total. The first kappa shape index (κ1) is 13.5. The fourth-order valence-corrected chi connectivity index (χ4v) is 2.55. The van der Waals surface area contributed by atoms with Gasteiger partial charge in [-0.05, 0) is 48.4 Å². The molecule has 2 aromatic rings. The van der Waals surface area contributed by atoms with E-state index in [0.29, 0.717) is 10.6 Å². The van der Waals surface area contributed by atoms with Crippen LogP contribution in [-0.2, 0) is 0 Å². The van der Waals surface area contributed by atoms with E-state index in [1.165, 1.54) is 6.07 Å². The van der Waals surface area contributed by atoms with Gasteiger partial charge in [0.2, 0.25) is 0 Å². The maximum Gasteiger partial charge on any atom is 0.128 e. The zero-order valence-electron chi connectivity index (χ0n) is 9.75. The second-order valence-corrected chi connectivity index (χ2v) is 5.56. The lowest BCUT2D eigenvalue weighted by atomic mass is 9.98. The van der Waals surface area contributed by atoms with Crippen LogP contribution in [0.5, 0.6) is 0 Å². The van der Waals surface area contributed by atoms with Gasteiger partial charge in [-0.3, -0.25) is 0 Å². The molecule has 2 aromatic carbocycles. The molecule has 0 fully saturated rings. The molecule has 0 saturated heterocycles. The topological polar surface area (TPSA) is 26.0 Å². The third-order valence-electron chi connectivity index (χ3n) is 2.72. The van der Waals surface area contributed by atoms with Gasteiger partial charge in [0.1, 0.15) is 5.82 Å². The molecular formula is C14H12BrClFN. The smallest absolute Gasteiger partial charge is 0.128 e. The summed E-state index contributed by atoms with van der Waals surface area (Å²) in [6.45, 7) is 1.93. The van der Waals surface area contributed by atoms with Gasteiger partial charge >= 0.3 is 0 Å². The summed E-state index contributed by atoms with van der Waals surface area (Å²) in [4.78, 5) is 0. The molecule has 0 amide bonds. The fourth-order valence-electron chi connectivity index (χ4n) is 1.88. The third kappa shape index (κ3) is 2.91. The normalized spacial score (nSPS) is 12.5. The second kappa shape index (κ2) is 5.39. The molecule has 2 rings (SSSR count). The molecule has 18 heavy (non-hydrogen) atoms. The van der Waals surface area contributed by atoms with Crippen molar-refractivity contribution in [3.63, 3.8) is 0 Å². The van der Waals surface area contributed by atoms with Crippen molar-refractivity contribution in [2.45, 2.75) is 13.0 Å². The van der Waals surface area contributed by atoms with E-state index in [-0.39, 0.29) is 5.82 Å². The number of rotatable bonds is 2. The monoisotopic (exact) mass is 327 g/mol. The molecule has 0 bridgehead atoms. The van der Waals surface area contributed by atoms with Crippen molar-refractivity contribution in [1.29, 1.82) is 0 Å². The van der Waals surface area contributed by atoms with Crippen molar-refractivity contribution in [2.24, 2.45) is 5.73 Å². The Morgan fingerprint density at radius 1 is 1.22 bits per heavy atom. The molecule has 0 heterocycles. The summed E-state index contributed by atoms with van der Waals surface area (Å²) in [5.74, 6) is -0.316. The van der Waals surface area contributed by atoms with Crippen LogP contribution in [0.15, 0.2) is 40.9 Å². The minimum atomic E-state index is -0.528. The zero-order chi connectivity index (χ0) is 13.3. The van der Waals surface area contributed by atoms with Crippen LogP contribution in [0.1, 0.15) is 22.7 Å². The first-order valence-electron chi connectivity index (χ1n) is 5.45. The predicted octanol–water partition coefficient (Wildman–Crippen LogP) is 4.60. The molecule has 2 N–H and O–H groups in total. The Balaban J connectivity index is 2.47. The Bertz CT molecular complexity index is 566. The summed E-state index contributed by atoms with van der Waals surface area (Å²) < 4.78 is 14.6. The highest BCUT2D eigenvalue weighted by Crippen LogP contribution is 2.27. The van der Waals surface area contributed by atoms with Crippen LogP contribution >= 0.6 is 27.5 Å². The molecule has 0 radical (unpaired) electrons. The maximum absolute atomic E-state index is 13.8. The lowest BCUT2D eigenvalue weighted by molar-refractivity contribution is 0.599. The zero-order valence-corrected chi connectivity index (χ0v) is 12.1. The number of aryl methyl sites for hydroxylation is 1. The molecule has 4 heteroatoms. The first-order valence-corrected chi connectivity index (χ1v) is 6.62. The summed E-state index contributed by atoms with van der Waals surface area (Å²) in [6, 6.07) is 9.73. The van der Waals surface area contributed by atoms with Gasteiger partial charge < -0.3 is 5.73 Å². The summed E-state index contributed by atoms with van der Waals surface area (Å²) in [7, 11) is 0. The molecule has 1 unspecified atom stereocenters. The highest BCUT2D eigenvalue weighted by molar-refractivity contribution is 9.10. The molecule has 94 valence electrons. The van der Waals surface area contributed by atoms with Crippen LogP contribution in [-0.4, -0.2) is 0 Å². The average Bonchev–Trinajstić information content (AvgIpc) is 2.30. The lowest BCUT2D eigenvalue weighted by Gasteiger charge is -2.15. The van der Waals surface area contributed by atoms with E-state index in [2.05, 4.69) is 15.9 Å². The van der Waals surface area contributed by atoms with Gasteiger partial charge in [-0.1, -0.05) is 33.6 Å². The average molecular weight is 329 g/mol. The molecule has 0 aliphatic rings. The highest BCUT2D eigenvalue weighted by atomic mass is 79.9. The van der Waals surface area contributed by atoms with Crippen LogP contribution in [0.25, 0.3) is 0 Å². The van der Waals surface area contributed by atoms with Gasteiger partial charge in [0, 0.05) is 15.1 Å². The van der Waals surface area contributed by atoms with Crippen LogP contribution < -0.4 is 5.73 Å². The Morgan fingerprint density at radius 3 is 2.61 bits per heavy atom. The minimum Gasteiger partial charge on any atom is -0.320 e. The lowest BCUT2D eigenvalue weighted by Crippen LogP contribution is -2.14. The van der Waals surface area contributed by atoms with Gasteiger partial charge in [0.15, 0.2) is 0 Å². The van der Waals surface area contributed by atoms with Crippen molar-refractivity contribution >= 4 is 27.5 Å². The van der Waals surface area contributed by atoms with Gasteiger partial charge in [0.05, 0.1) is 6.04 Å². The maximum atomic E-state index is 13.8. The second-order valence-electron chi connectivity index (χ2n) is 4.21. The predicted molar refractivity (Wildman–Crippen MR) is 76.3 cm³/mol. The molecule has 0 aliphatic carbocycles. The molecular weight excluding hydrogens is 317 g/mol. The highest BCUT2D eigenvalue weighted by Gasteiger charge is 2.14. The van der Waals surface area contributed by atoms with Crippen LogP contribution in [0.2, 0.25) is 5.02 Å². The summed E-state index contributed by atoms with van der Waals surface area (Å²) >= 11 is 9.31. The quantitative estimate of drug-likeness (QED) is 0.856. The number of hydrogen-bond acceptors (Lipinski definition) is 1. The molecule has 1 atom stereocenters. The number of nitrogens with two attached hydrogens (primary N) is 1. The largest absolute Gasteiger partial charge is 0.320 e. The van der Waals surface area contributed by atoms with Gasteiger partial charge in [0.25, 0.3) is 0 Å². The number of halogens is 3. The summed E-state index contributed by atoms with van der Waals surface area (Å²) in [6.07, 6.45) is 0. The first-order chi connectivity index (χ1) is 8.47. The summed E-state index contributed by atoms with van der Waals surface area (Å²) in [5.41, 5.74) is 8.36. The van der Waals surface area contributed by atoms with Crippen LogP contribution in [0, 0.1) is 12.7 Å². The van der Waals surface area contributed by atoms with Crippen molar-refractivity contribution in [3.05, 3.63) is 68.4 Å². The van der Waals surface area contributed by atoms with Crippen molar-refractivity contribution in [3.8, 4) is 0 Å². The Kier molecular flexibility index (Phi) is 4.05. The number of hydrogen-bond donors (Lipinski definition) is 1. The van der Waals surface area contributed by atoms with E-state index in [9.17, 15) is 4.39 Å². The van der Waals surface area contributed by atoms with Crippen molar-refractivity contribution < 1.29 is 4.39 Å². The van der Waals surface area contributed by atoms with E-state index < -0.39 is 6.04 Å². The molecule has 0 saturated carbocycles. The molecule has 0 aromatic heterocycles. The minimum absolute atomic E-state index is 0.316. The van der Waals surface area contributed by atoms with Crippen molar-refractivity contribution in [2.75, 3.05) is 0 Å². The van der Waals surface area contributed by atoms with E-state index in [4.69, 9.17) is 17.3 Å². The van der Waals surface area contributed by atoms with Crippen LogP contribution in [0.4, 0.5) is 4.39 Å². The Hall–Kier alpha value is -0.900. The third-order valence-corrected chi connectivity index (χ3v) is 3.43. The van der Waals surface area contributed by atoms with E-state index >= 15 is 0 Å². The Morgan fingerprint density at radius 2 is 1.94 bits per heavy atom. The molecule has 0 aliphatic heterocycles. The van der Waals surface area contributed by atoms with Gasteiger partial charge in [-0.2, -0.15) is 0 Å². The SMILES string of the molecule is Cc1cc(Cl)cc(C(N)c2cc(Br)ccc2F)c1. The van der Waals surface area contributed by atoms with Gasteiger partial charge in [-0.15, -0.1) is 0 Å². The Labute approximate surface area is 119 Å². The van der Waals surface area contributed by atoms with E-state index in [0.717, 1.165) is 15.6 Å². The van der Waals surface area contributed by atoms with Crippen molar-refractivity contribution in [1.82, 2.24) is 0 Å². The fraction of sp³-hybridized carbons (Fsp3) is 0.143. The number of benzene rings is 2. The molecule has 0 spiro atoms. The van der Waals surface area contributed by atoms with E-state index in [1.54, 1.807) is 18.2 Å².